The van der Waals surface area contributed by atoms with Crippen LogP contribution in [0.1, 0.15) is 44.3 Å². The van der Waals surface area contributed by atoms with Gasteiger partial charge >= 0.3 is 0 Å². The molecule has 112 valence electrons. The highest BCUT2D eigenvalue weighted by Crippen LogP contribution is 2.39. The van der Waals surface area contributed by atoms with Gasteiger partial charge in [-0.05, 0) is 23.3 Å². The molecule has 2 rings (SSSR count). The molecule has 0 aromatic rings. The quantitative estimate of drug-likeness (QED) is 0.587. The fourth-order valence-electron chi connectivity index (χ4n) is 1.82. The molecule has 0 bridgehead atoms. The second kappa shape index (κ2) is 5.14. The summed E-state index contributed by atoms with van der Waals surface area (Å²) in [5.74, 6) is 1.10. The van der Waals surface area contributed by atoms with Gasteiger partial charge in [-0.25, -0.2) is 0 Å². The Balaban J connectivity index is 2.75. The third-order valence-electron chi connectivity index (χ3n) is 3.13. The van der Waals surface area contributed by atoms with Crippen LogP contribution in [0.4, 0.5) is 0 Å². The van der Waals surface area contributed by atoms with Gasteiger partial charge in [-0.2, -0.15) is 0 Å². The lowest BCUT2D eigenvalue weighted by molar-refractivity contribution is -0.403. The topological polar surface area (TPSA) is 29.3 Å². The Kier molecular flexibility index (Phi) is 3.13. The third-order valence-corrected chi connectivity index (χ3v) is 3.13. The molecule has 3 heteroatoms. The van der Waals surface area contributed by atoms with Crippen LogP contribution in [0.2, 0.25) is 0 Å². The summed E-state index contributed by atoms with van der Waals surface area (Å²) >= 11 is 0. The first-order valence-corrected chi connectivity index (χ1v) is 7.10. The van der Waals surface area contributed by atoms with E-state index in [9.17, 15) is 4.91 Å². The molecule has 0 atom stereocenters. The van der Waals surface area contributed by atoms with Crippen LogP contribution < -0.4 is 0 Å². The summed E-state index contributed by atoms with van der Waals surface area (Å²) in [4.78, 5) is 11.3. The Morgan fingerprint density at radius 3 is 1.71 bits per heavy atom. The first-order valence-electron chi connectivity index (χ1n) is 8.10. The highest BCUT2D eigenvalue weighted by atomic mass is 16.5. The largest absolute Gasteiger partial charge is 0.465 e. The van der Waals surface area contributed by atoms with Gasteiger partial charge in [0.1, 0.15) is 11.5 Å². The number of ether oxygens (including phenoxy) is 1. The third kappa shape index (κ3) is 3.60. The molecule has 2 aliphatic heterocycles. The van der Waals surface area contributed by atoms with Crippen molar-refractivity contribution in [2.75, 3.05) is 0 Å². The zero-order valence-corrected chi connectivity index (χ0v) is 13.6. The normalized spacial score (nSPS) is 21.7. The number of rotatable bonds is 0. The summed E-state index contributed by atoms with van der Waals surface area (Å²) in [6, 6.07) is 0.415. The predicted octanol–water partition coefficient (Wildman–Crippen LogP) is 4.99. The van der Waals surface area contributed by atoms with Crippen molar-refractivity contribution in [3.63, 3.8) is 0 Å². The fraction of sp³-hybridized carbons (Fsp3) is 0.444. The molecule has 0 saturated heterocycles. The molecular formula is C18H24NO2+. The van der Waals surface area contributed by atoms with Gasteiger partial charge in [0.2, 0.25) is 12.4 Å². The zero-order valence-electron chi connectivity index (χ0n) is 15.6. The lowest BCUT2D eigenvalue weighted by Crippen LogP contribution is -2.21. The van der Waals surface area contributed by atoms with Crippen LogP contribution in [0.3, 0.4) is 0 Å². The molecule has 2 heterocycles. The van der Waals surface area contributed by atoms with Crippen molar-refractivity contribution in [1.29, 1.82) is 0 Å². The van der Waals surface area contributed by atoms with Crippen molar-refractivity contribution in [2.45, 2.75) is 41.5 Å². The van der Waals surface area contributed by atoms with E-state index >= 15 is 0 Å². The minimum Gasteiger partial charge on any atom is -0.465 e. The second-order valence-corrected chi connectivity index (χ2v) is 7.33. The van der Waals surface area contributed by atoms with Gasteiger partial charge in [0.15, 0.2) is 0 Å². The molecule has 2 aliphatic rings. The van der Waals surface area contributed by atoms with Gasteiger partial charge in [-0.15, -0.1) is 0 Å². The number of nitrogens with zero attached hydrogens (tertiary/aromatic N) is 1. The van der Waals surface area contributed by atoms with Gasteiger partial charge in [0, 0.05) is 27.9 Å². The standard InChI is InChI=1S/C18H24NO2/c1-17(2,3)15-11-14(12-16(21-15)18(4,5)6)13-7-9-19(20)10-8-13/h7-12H,1-6H3/q+1/i11D,12D. The molecule has 0 N–H and O–H groups in total. The van der Waals surface area contributed by atoms with E-state index in [4.69, 9.17) is 7.48 Å². The van der Waals surface area contributed by atoms with Crippen molar-refractivity contribution in [3.8, 4) is 0 Å². The summed E-state index contributed by atoms with van der Waals surface area (Å²) in [6.45, 7) is 11.9. The molecule has 0 aromatic carbocycles. The van der Waals surface area contributed by atoms with Crippen LogP contribution in [0.15, 0.2) is 59.3 Å². The van der Waals surface area contributed by atoms with Gasteiger partial charge in [0.05, 0.1) is 7.50 Å². The highest BCUT2D eigenvalue weighted by Gasteiger charge is 2.29. The molecule has 0 unspecified atom stereocenters. The van der Waals surface area contributed by atoms with Crippen molar-refractivity contribution in [1.82, 2.24) is 0 Å². The molecule has 0 aliphatic carbocycles. The zero-order chi connectivity index (χ0) is 17.6. The van der Waals surface area contributed by atoms with Gasteiger partial charge in [-0.3, -0.25) is 0 Å². The Hall–Kier alpha value is -1.90. The van der Waals surface area contributed by atoms with E-state index in [0.29, 0.717) is 27.4 Å². The summed E-state index contributed by atoms with van der Waals surface area (Å²) in [5, 5.41) is 0. The second-order valence-electron chi connectivity index (χ2n) is 7.33. The average molecular weight is 288 g/mol. The van der Waals surface area contributed by atoms with Crippen molar-refractivity contribution in [2.24, 2.45) is 10.8 Å². The molecule has 0 aromatic heterocycles. The first kappa shape index (κ1) is 12.8. The van der Waals surface area contributed by atoms with Crippen molar-refractivity contribution < 1.29 is 12.2 Å². The molecular weight excluding hydrogens is 262 g/mol. The lowest BCUT2D eigenvalue weighted by Gasteiger charge is -2.33. The fourth-order valence-corrected chi connectivity index (χ4v) is 1.82. The Labute approximate surface area is 129 Å². The Morgan fingerprint density at radius 1 is 0.905 bits per heavy atom. The lowest BCUT2D eigenvalue weighted by atomic mass is 9.86. The van der Waals surface area contributed by atoms with Gasteiger partial charge < -0.3 is 4.74 Å². The van der Waals surface area contributed by atoms with Crippen LogP contribution in [-0.4, -0.2) is 4.76 Å². The molecule has 0 fully saturated rings. The summed E-state index contributed by atoms with van der Waals surface area (Å²) in [6.07, 6.45) is 6.03. The smallest absolute Gasteiger partial charge is 0.228 e. The maximum Gasteiger partial charge on any atom is 0.228 e. The van der Waals surface area contributed by atoms with E-state index in [2.05, 4.69) is 0 Å². The minimum absolute atomic E-state index is 0.208. The molecule has 0 amide bonds. The number of allylic oxidation sites excluding steroid dienone is 8. The molecule has 0 saturated carbocycles. The molecule has 3 nitrogen and oxygen atoms in total. The number of hydrogen-bond donors (Lipinski definition) is 0. The van der Waals surface area contributed by atoms with E-state index in [1.807, 2.05) is 41.5 Å². The maximum atomic E-state index is 11.3. The van der Waals surface area contributed by atoms with E-state index in [1.165, 1.54) is 12.4 Å². The van der Waals surface area contributed by atoms with Gasteiger partial charge in [-0.1, -0.05) is 41.5 Å². The van der Waals surface area contributed by atoms with Crippen LogP contribution in [0.5, 0.6) is 0 Å². The molecule has 0 radical (unpaired) electrons. The van der Waals surface area contributed by atoms with Gasteiger partial charge in [0.25, 0.3) is 0 Å². The minimum atomic E-state index is -0.354. The summed E-state index contributed by atoms with van der Waals surface area (Å²) < 4.78 is 23.8. The van der Waals surface area contributed by atoms with E-state index < -0.39 is 0 Å². The summed E-state index contributed by atoms with van der Waals surface area (Å²) in [7, 11) is 0. The first-order chi connectivity index (χ1) is 10.4. The van der Waals surface area contributed by atoms with E-state index in [1.54, 1.807) is 12.2 Å². The maximum absolute atomic E-state index is 11.3. The van der Waals surface area contributed by atoms with E-state index in [0.717, 1.165) is 0 Å². The Bertz CT molecular complexity index is 652. The van der Waals surface area contributed by atoms with Crippen LogP contribution >= 0.6 is 0 Å². The Morgan fingerprint density at radius 2 is 1.33 bits per heavy atom. The predicted molar refractivity (Wildman–Crippen MR) is 85.1 cm³/mol. The van der Waals surface area contributed by atoms with Crippen molar-refractivity contribution in [3.05, 3.63) is 64.2 Å². The van der Waals surface area contributed by atoms with Crippen molar-refractivity contribution >= 4 is 0 Å². The highest BCUT2D eigenvalue weighted by molar-refractivity contribution is 5.50. The summed E-state index contributed by atoms with van der Waals surface area (Å²) in [5.41, 5.74) is 0.477. The van der Waals surface area contributed by atoms with Crippen LogP contribution in [0.25, 0.3) is 0 Å². The van der Waals surface area contributed by atoms with E-state index in [-0.39, 0.29) is 22.9 Å². The molecule has 21 heavy (non-hydrogen) atoms. The number of hydrogen-bond acceptors (Lipinski definition) is 2. The van der Waals surface area contributed by atoms with Crippen LogP contribution in [-0.2, 0) is 4.74 Å². The molecule has 0 spiro atoms. The van der Waals surface area contributed by atoms with Crippen LogP contribution in [0, 0.1) is 15.7 Å². The average Bonchev–Trinajstić information content (AvgIpc) is 2.38. The SMILES string of the molecule is [2H]C1=C(C(C)(C)C)OC(C(C)(C)C)=C([2H])C1=C1C=C[N+](=O)C=C1. The monoisotopic (exact) mass is 288 g/mol. The number of nitroso groups, excluding NO2 is 1.